The summed E-state index contributed by atoms with van der Waals surface area (Å²) < 4.78 is 26.6. The molecule has 0 bridgehead atoms. The van der Waals surface area contributed by atoms with Crippen molar-refractivity contribution in [1.29, 1.82) is 0 Å². The molecular weight excluding hydrogens is 354 g/mol. The van der Waals surface area contributed by atoms with E-state index >= 15 is 0 Å². The van der Waals surface area contributed by atoms with Gasteiger partial charge in [0.05, 0.1) is 11.0 Å². The van der Waals surface area contributed by atoms with Crippen molar-refractivity contribution >= 4 is 27.0 Å². The molecule has 1 aliphatic carbocycles. The monoisotopic (exact) mass is 375 g/mol. The number of aromatic nitrogens is 2. The van der Waals surface area contributed by atoms with Crippen molar-refractivity contribution in [2.45, 2.75) is 18.6 Å². The zero-order valence-corrected chi connectivity index (χ0v) is 15.9. The second-order valence-electron chi connectivity index (χ2n) is 6.85. The Balaban J connectivity index is 2.17. The number of hydrogen-bond donors (Lipinski definition) is 1. The van der Waals surface area contributed by atoms with E-state index in [1.54, 1.807) is 40.1 Å². The van der Waals surface area contributed by atoms with Crippen LogP contribution in [0, 0.1) is 5.92 Å². The number of amides is 1. The van der Waals surface area contributed by atoms with Gasteiger partial charge in [-0.3, -0.25) is 4.79 Å². The number of fused-ring (bicyclic) bond motifs is 1. The first-order valence-electron chi connectivity index (χ1n) is 8.12. The Hall–Kier alpha value is -2.61. The molecule has 0 radical (unpaired) electrons. The summed E-state index contributed by atoms with van der Waals surface area (Å²) in [5, 5.41) is 9.65. The van der Waals surface area contributed by atoms with Crippen molar-refractivity contribution < 1.29 is 18.3 Å². The van der Waals surface area contributed by atoms with Crippen molar-refractivity contribution in [1.82, 2.24) is 13.9 Å². The lowest BCUT2D eigenvalue weighted by atomic mass is 9.90. The molecule has 1 heterocycles. The van der Waals surface area contributed by atoms with E-state index in [4.69, 9.17) is 0 Å². The predicted octanol–water partition coefficient (Wildman–Crippen LogP) is 2.32. The number of nitrogens with zero attached hydrogens (tertiary/aromatic N) is 3. The number of imidazole rings is 1. The van der Waals surface area contributed by atoms with Crippen LogP contribution in [0.2, 0.25) is 0 Å². The second-order valence-corrected chi connectivity index (χ2v) is 9.07. The zero-order valence-electron chi connectivity index (χ0n) is 15.0. The molecule has 1 aromatic heterocycles. The first kappa shape index (κ1) is 18.2. The maximum absolute atomic E-state index is 13.4. The highest BCUT2D eigenvalue weighted by Gasteiger charge is 2.44. The molecule has 8 heteroatoms. The van der Waals surface area contributed by atoms with Gasteiger partial charge in [-0.1, -0.05) is 13.0 Å². The SMILES string of the molecule is CC1C=C(O)C=CC1(C)S(=O)(=O)n1cnc2ccc(C(=O)N(C)C)cc21. The topological polar surface area (TPSA) is 92.5 Å². The minimum atomic E-state index is -3.89. The van der Waals surface area contributed by atoms with Gasteiger partial charge in [0.15, 0.2) is 0 Å². The van der Waals surface area contributed by atoms with Crippen LogP contribution in [0.25, 0.3) is 11.0 Å². The largest absolute Gasteiger partial charge is 0.508 e. The highest BCUT2D eigenvalue weighted by atomic mass is 32.2. The first-order valence-corrected chi connectivity index (χ1v) is 9.56. The number of rotatable bonds is 3. The van der Waals surface area contributed by atoms with Gasteiger partial charge in [-0.15, -0.1) is 0 Å². The Morgan fingerprint density at radius 1 is 1.35 bits per heavy atom. The van der Waals surface area contributed by atoms with E-state index in [1.807, 2.05) is 0 Å². The summed E-state index contributed by atoms with van der Waals surface area (Å²) in [5.41, 5.74) is 1.21. The Morgan fingerprint density at radius 2 is 2.04 bits per heavy atom. The summed E-state index contributed by atoms with van der Waals surface area (Å²) in [5.74, 6) is -0.622. The Morgan fingerprint density at radius 3 is 2.65 bits per heavy atom. The summed E-state index contributed by atoms with van der Waals surface area (Å²) in [6, 6.07) is 4.79. The van der Waals surface area contributed by atoms with E-state index in [1.165, 1.54) is 35.5 Å². The molecule has 26 heavy (non-hydrogen) atoms. The highest BCUT2D eigenvalue weighted by Crippen LogP contribution is 2.36. The van der Waals surface area contributed by atoms with Gasteiger partial charge >= 0.3 is 0 Å². The lowest BCUT2D eigenvalue weighted by molar-refractivity contribution is 0.0827. The maximum atomic E-state index is 13.4. The molecule has 3 rings (SSSR count). The molecule has 2 atom stereocenters. The lowest BCUT2D eigenvalue weighted by Crippen LogP contribution is -2.43. The Kier molecular flexibility index (Phi) is 4.18. The third-order valence-corrected chi connectivity index (χ3v) is 7.32. The lowest BCUT2D eigenvalue weighted by Gasteiger charge is -2.33. The van der Waals surface area contributed by atoms with E-state index in [0.717, 1.165) is 3.97 Å². The third-order valence-electron chi connectivity index (χ3n) is 4.89. The third kappa shape index (κ3) is 2.61. The number of carbonyl (C=O) groups excluding carboxylic acids is 1. The molecule has 7 nitrogen and oxygen atoms in total. The second kappa shape index (κ2) is 5.98. The average molecular weight is 375 g/mol. The summed E-state index contributed by atoms with van der Waals surface area (Å²) in [7, 11) is -0.626. The fourth-order valence-electron chi connectivity index (χ4n) is 2.98. The molecule has 0 saturated carbocycles. The van der Waals surface area contributed by atoms with Crippen LogP contribution in [0.5, 0.6) is 0 Å². The van der Waals surface area contributed by atoms with Crippen LogP contribution in [0.1, 0.15) is 24.2 Å². The van der Waals surface area contributed by atoms with Gasteiger partial charge in [-0.2, -0.15) is 0 Å². The average Bonchev–Trinajstić information content (AvgIpc) is 3.01. The zero-order chi connectivity index (χ0) is 19.3. The summed E-state index contributed by atoms with van der Waals surface area (Å²) in [6.45, 7) is 3.34. The van der Waals surface area contributed by atoms with Crippen molar-refractivity contribution in [3.63, 3.8) is 0 Å². The molecule has 1 aromatic carbocycles. The van der Waals surface area contributed by atoms with Crippen LogP contribution in [-0.4, -0.2) is 52.1 Å². The fourth-order valence-corrected chi connectivity index (χ4v) is 4.76. The number of benzene rings is 1. The minimum Gasteiger partial charge on any atom is -0.508 e. The normalized spacial score (nSPS) is 23.1. The van der Waals surface area contributed by atoms with E-state index in [0.29, 0.717) is 16.6 Å². The van der Waals surface area contributed by atoms with Crippen molar-refractivity contribution in [3.8, 4) is 0 Å². The minimum absolute atomic E-state index is 0.0412. The first-order chi connectivity index (χ1) is 12.1. The summed E-state index contributed by atoms with van der Waals surface area (Å²) in [6.07, 6.45) is 5.65. The van der Waals surface area contributed by atoms with Crippen LogP contribution in [0.4, 0.5) is 0 Å². The Bertz CT molecular complexity index is 1050. The van der Waals surface area contributed by atoms with Crippen LogP contribution in [0.15, 0.2) is 48.5 Å². The van der Waals surface area contributed by atoms with E-state index in [-0.39, 0.29) is 11.7 Å². The molecule has 1 N–H and O–H groups in total. The van der Waals surface area contributed by atoms with E-state index in [2.05, 4.69) is 4.98 Å². The van der Waals surface area contributed by atoms with Crippen molar-refractivity contribution in [3.05, 3.63) is 54.1 Å². The summed E-state index contributed by atoms with van der Waals surface area (Å²) >= 11 is 0. The molecule has 138 valence electrons. The molecule has 0 fully saturated rings. The van der Waals surface area contributed by atoms with Crippen molar-refractivity contribution in [2.24, 2.45) is 5.92 Å². The van der Waals surface area contributed by atoms with Gasteiger partial charge in [-0.25, -0.2) is 17.4 Å². The number of carbonyl (C=O) groups is 1. The molecule has 1 amide bonds. The molecule has 0 aliphatic heterocycles. The van der Waals surface area contributed by atoms with E-state index in [9.17, 15) is 18.3 Å². The van der Waals surface area contributed by atoms with Crippen LogP contribution in [0.3, 0.4) is 0 Å². The van der Waals surface area contributed by atoms with Gasteiger partial charge in [0.25, 0.3) is 5.91 Å². The highest BCUT2D eigenvalue weighted by molar-refractivity contribution is 7.91. The fraction of sp³-hybridized carbons (Fsp3) is 0.333. The molecule has 0 spiro atoms. The van der Waals surface area contributed by atoms with Gasteiger partial charge in [-0.05, 0) is 37.3 Å². The molecular formula is C18H21N3O4S. The molecule has 0 saturated heterocycles. The number of allylic oxidation sites excluding steroid dienone is 2. The number of aliphatic hydroxyl groups is 1. The predicted molar refractivity (Wildman–Crippen MR) is 99.5 cm³/mol. The number of hydrogen-bond acceptors (Lipinski definition) is 5. The smallest absolute Gasteiger partial charge is 0.253 e. The molecule has 1 aliphatic rings. The van der Waals surface area contributed by atoms with Gasteiger partial charge < -0.3 is 10.0 Å². The van der Waals surface area contributed by atoms with Crippen LogP contribution < -0.4 is 0 Å². The quantitative estimate of drug-likeness (QED) is 0.889. The van der Waals surface area contributed by atoms with Gasteiger partial charge in [0, 0.05) is 25.6 Å². The summed E-state index contributed by atoms with van der Waals surface area (Å²) in [4.78, 5) is 17.8. The Labute approximate surface area is 152 Å². The molecule has 2 aromatic rings. The van der Waals surface area contributed by atoms with Crippen molar-refractivity contribution in [2.75, 3.05) is 14.1 Å². The van der Waals surface area contributed by atoms with Crippen LogP contribution in [-0.2, 0) is 10.0 Å². The standard InChI is InChI=1S/C18H21N3O4S/c1-12-9-14(22)7-8-18(12,2)26(24,25)21-11-19-15-6-5-13(10-16(15)21)17(23)20(3)4/h5-12,22H,1-4H3. The van der Waals surface area contributed by atoms with Crippen LogP contribution >= 0.6 is 0 Å². The van der Waals surface area contributed by atoms with Gasteiger partial charge in [0.1, 0.15) is 16.8 Å². The number of aliphatic hydroxyl groups excluding tert-OH is 1. The maximum Gasteiger partial charge on any atom is 0.253 e. The van der Waals surface area contributed by atoms with E-state index < -0.39 is 20.7 Å². The molecule has 2 unspecified atom stereocenters. The van der Waals surface area contributed by atoms with Gasteiger partial charge in [0.2, 0.25) is 10.0 Å².